The van der Waals surface area contributed by atoms with E-state index in [1.54, 1.807) is 0 Å². The van der Waals surface area contributed by atoms with E-state index in [-0.39, 0.29) is 5.41 Å². The number of nitrogens with one attached hydrogen (secondary N) is 1. The zero-order valence-corrected chi connectivity index (χ0v) is 9.10. The average Bonchev–Trinajstić information content (AvgIpc) is 2.03. The third kappa shape index (κ3) is 2.20. The van der Waals surface area contributed by atoms with E-state index in [0.29, 0.717) is 0 Å². The summed E-state index contributed by atoms with van der Waals surface area (Å²) >= 11 is 0. The molecule has 13 heavy (non-hydrogen) atoms. The summed E-state index contributed by atoms with van der Waals surface area (Å²) in [6.07, 6.45) is 0. The van der Waals surface area contributed by atoms with Gasteiger partial charge >= 0.3 is 0 Å². The molecule has 0 aliphatic heterocycles. The van der Waals surface area contributed by atoms with Crippen LogP contribution in [0, 0.1) is 6.92 Å². The molecule has 2 nitrogen and oxygen atoms in total. The van der Waals surface area contributed by atoms with Crippen LogP contribution in [0.3, 0.4) is 0 Å². The molecule has 0 unspecified atom stereocenters. The van der Waals surface area contributed by atoms with Crippen LogP contribution in [0.2, 0.25) is 0 Å². The monoisotopic (exact) mass is 178 g/mol. The summed E-state index contributed by atoms with van der Waals surface area (Å²) < 4.78 is 0. The zero-order chi connectivity index (χ0) is 10.1. The summed E-state index contributed by atoms with van der Waals surface area (Å²) in [5, 5.41) is 3.06. The number of pyridine rings is 1. The van der Waals surface area contributed by atoms with Crippen molar-refractivity contribution in [2.45, 2.75) is 33.1 Å². The molecule has 0 spiro atoms. The molecule has 1 heterocycles. The molecule has 0 saturated carbocycles. The van der Waals surface area contributed by atoms with E-state index in [1.807, 2.05) is 13.1 Å². The topological polar surface area (TPSA) is 24.9 Å². The largest absolute Gasteiger partial charge is 0.373 e. The minimum atomic E-state index is 0.122. The number of anilines is 1. The number of aryl methyl sites for hydroxylation is 1. The predicted molar refractivity (Wildman–Crippen MR) is 57.2 cm³/mol. The molecule has 1 aromatic heterocycles. The fourth-order valence-electron chi connectivity index (χ4n) is 1.43. The Labute approximate surface area is 80.4 Å². The molecule has 0 aliphatic carbocycles. The van der Waals surface area contributed by atoms with Crippen molar-refractivity contribution in [1.29, 1.82) is 0 Å². The van der Waals surface area contributed by atoms with Crippen LogP contribution in [0.25, 0.3) is 0 Å². The van der Waals surface area contributed by atoms with Crippen LogP contribution in [0.5, 0.6) is 0 Å². The molecule has 72 valence electrons. The molecule has 0 bridgehead atoms. The lowest BCUT2D eigenvalue weighted by atomic mass is 9.89. The molecule has 0 fully saturated rings. The van der Waals surface area contributed by atoms with Crippen LogP contribution < -0.4 is 5.32 Å². The average molecular weight is 178 g/mol. The first kappa shape index (κ1) is 10.0. The second-order valence-electron chi connectivity index (χ2n) is 4.36. The van der Waals surface area contributed by atoms with Gasteiger partial charge in [0.15, 0.2) is 0 Å². The molecule has 1 aromatic rings. The molecule has 0 aromatic carbocycles. The smallest absolute Gasteiger partial charge is 0.125 e. The first-order valence-electron chi connectivity index (χ1n) is 4.61. The van der Waals surface area contributed by atoms with Gasteiger partial charge in [-0.05, 0) is 18.6 Å². The van der Waals surface area contributed by atoms with Crippen molar-refractivity contribution in [3.8, 4) is 0 Å². The third-order valence-electron chi connectivity index (χ3n) is 2.06. The second kappa shape index (κ2) is 3.36. The Morgan fingerprint density at radius 3 is 2.31 bits per heavy atom. The summed E-state index contributed by atoms with van der Waals surface area (Å²) in [6.45, 7) is 8.65. The van der Waals surface area contributed by atoms with Crippen LogP contribution in [-0.2, 0) is 5.41 Å². The van der Waals surface area contributed by atoms with Crippen molar-refractivity contribution in [3.05, 3.63) is 23.4 Å². The second-order valence-corrected chi connectivity index (χ2v) is 4.36. The summed E-state index contributed by atoms with van der Waals surface area (Å²) in [6, 6.07) is 4.12. The highest BCUT2D eigenvalue weighted by Crippen LogP contribution is 2.24. The lowest BCUT2D eigenvalue weighted by Crippen LogP contribution is -2.16. The molecule has 1 N–H and O–H groups in total. The fraction of sp³-hybridized carbons (Fsp3) is 0.545. The Morgan fingerprint density at radius 2 is 1.85 bits per heavy atom. The van der Waals surface area contributed by atoms with Gasteiger partial charge in [0.1, 0.15) is 5.82 Å². The van der Waals surface area contributed by atoms with Crippen molar-refractivity contribution in [3.63, 3.8) is 0 Å². The van der Waals surface area contributed by atoms with E-state index >= 15 is 0 Å². The maximum absolute atomic E-state index is 4.55. The molecule has 0 amide bonds. The van der Waals surface area contributed by atoms with Crippen molar-refractivity contribution in [2.75, 3.05) is 12.4 Å². The molecule has 2 heteroatoms. The van der Waals surface area contributed by atoms with Crippen LogP contribution in [-0.4, -0.2) is 12.0 Å². The van der Waals surface area contributed by atoms with Crippen molar-refractivity contribution in [2.24, 2.45) is 0 Å². The fourth-order valence-corrected chi connectivity index (χ4v) is 1.43. The standard InChI is InChI=1S/C11H18N2/c1-8-6-7-9(12-5)13-10(8)11(2,3)4/h6-7H,1-5H3,(H,12,13). The number of hydrogen-bond donors (Lipinski definition) is 1. The first-order chi connectivity index (χ1) is 5.95. The summed E-state index contributed by atoms with van der Waals surface area (Å²) in [5.41, 5.74) is 2.54. The maximum atomic E-state index is 4.55. The van der Waals surface area contributed by atoms with Gasteiger partial charge in [0.2, 0.25) is 0 Å². The van der Waals surface area contributed by atoms with Crippen LogP contribution in [0.15, 0.2) is 12.1 Å². The minimum Gasteiger partial charge on any atom is -0.373 e. The van der Waals surface area contributed by atoms with Crippen molar-refractivity contribution in [1.82, 2.24) is 4.98 Å². The van der Waals surface area contributed by atoms with Gasteiger partial charge in [-0.25, -0.2) is 4.98 Å². The zero-order valence-electron chi connectivity index (χ0n) is 9.10. The molecular formula is C11H18N2. The van der Waals surface area contributed by atoms with E-state index in [9.17, 15) is 0 Å². The number of hydrogen-bond acceptors (Lipinski definition) is 2. The Hall–Kier alpha value is -1.05. The SMILES string of the molecule is CNc1ccc(C)c(C(C)(C)C)n1. The van der Waals surface area contributed by atoms with Gasteiger partial charge in [0.25, 0.3) is 0 Å². The van der Waals surface area contributed by atoms with Crippen molar-refractivity contribution >= 4 is 5.82 Å². The highest BCUT2D eigenvalue weighted by molar-refractivity contribution is 5.39. The first-order valence-corrected chi connectivity index (χ1v) is 4.61. The maximum Gasteiger partial charge on any atom is 0.125 e. The normalized spacial score (nSPS) is 11.5. The van der Waals surface area contributed by atoms with E-state index in [2.05, 4.69) is 44.1 Å². The Bertz CT molecular complexity index is 297. The van der Waals surface area contributed by atoms with Gasteiger partial charge in [-0.1, -0.05) is 26.8 Å². The van der Waals surface area contributed by atoms with Crippen molar-refractivity contribution < 1.29 is 0 Å². The minimum absolute atomic E-state index is 0.122. The summed E-state index contributed by atoms with van der Waals surface area (Å²) in [4.78, 5) is 4.55. The Morgan fingerprint density at radius 1 is 1.23 bits per heavy atom. The van der Waals surface area contributed by atoms with Gasteiger partial charge in [-0.15, -0.1) is 0 Å². The molecule has 1 rings (SSSR count). The molecule has 0 saturated heterocycles. The van der Waals surface area contributed by atoms with E-state index < -0.39 is 0 Å². The highest BCUT2D eigenvalue weighted by atomic mass is 15.0. The quantitative estimate of drug-likeness (QED) is 0.715. The van der Waals surface area contributed by atoms with Gasteiger partial charge in [0.05, 0.1) is 5.69 Å². The van der Waals surface area contributed by atoms with E-state index in [1.165, 1.54) is 11.3 Å². The number of rotatable bonds is 1. The molecule has 0 radical (unpaired) electrons. The molecular weight excluding hydrogens is 160 g/mol. The summed E-state index contributed by atoms with van der Waals surface area (Å²) in [5.74, 6) is 0.940. The van der Waals surface area contributed by atoms with Gasteiger partial charge in [-0.3, -0.25) is 0 Å². The molecule has 0 atom stereocenters. The van der Waals surface area contributed by atoms with Crippen LogP contribution in [0.4, 0.5) is 5.82 Å². The third-order valence-corrected chi connectivity index (χ3v) is 2.06. The lowest BCUT2D eigenvalue weighted by molar-refractivity contribution is 0.565. The number of nitrogens with zero attached hydrogens (tertiary/aromatic N) is 1. The highest BCUT2D eigenvalue weighted by Gasteiger charge is 2.17. The number of aromatic nitrogens is 1. The van der Waals surface area contributed by atoms with Gasteiger partial charge < -0.3 is 5.32 Å². The van der Waals surface area contributed by atoms with E-state index in [0.717, 1.165) is 5.82 Å². The lowest BCUT2D eigenvalue weighted by Gasteiger charge is -2.20. The predicted octanol–water partition coefficient (Wildman–Crippen LogP) is 2.73. The van der Waals surface area contributed by atoms with Crippen LogP contribution >= 0.6 is 0 Å². The summed E-state index contributed by atoms with van der Waals surface area (Å²) in [7, 11) is 1.89. The van der Waals surface area contributed by atoms with Gasteiger partial charge in [0, 0.05) is 12.5 Å². The Balaban J connectivity index is 3.19. The van der Waals surface area contributed by atoms with Crippen LogP contribution in [0.1, 0.15) is 32.0 Å². The molecule has 0 aliphatic rings. The van der Waals surface area contributed by atoms with Gasteiger partial charge in [-0.2, -0.15) is 0 Å². The van der Waals surface area contributed by atoms with E-state index in [4.69, 9.17) is 0 Å². The Kier molecular flexibility index (Phi) is 2.60.